The number of hydrogen-bond acceptors (Lipinski definition) is 5. The molecule has 0 unspecified atom stereocenters. The van der Waals surface area contributed by atoms with Crippen LogP contribution in [0.25, 0.3) is 0 Å². The third kappa shape index (κ3) is 2.88. The van der Waals surface area contributed by atoms with E-state index in [0.717, 1.165) is 0 Å². The lowest BCUT2D eigenvalue weighted by Crippen LogP contribution is -2.06. The molecule has 0 saturated carbocycles. The van der Waals surface area contributed by atoms with Gasteiger partial charge in [-0.1, -0.05) is 17.7 Å². The largest absolute Gasteiger partial charge is 0.364 e. The molecule has 6 nitrogen and oxygen atoms in total. The van der Waals surface area contributed by atoms with Crippen LogP contribution in [0, 0.1) is 10.1 Å². The Bertz CT molecular complexity index is 383. The van der Waals surface area contributed by atoms with E-state index in [1.807, 2.05) is 0 Å². The molecule has 0 radical (unpaired) electrons. The standard InChI is InChI=1S/C8H9ClN4O2/c1-2-3-4-10-8-6(13(14)15)7(9)11-5-12-8/h2,5H,1,3-4H2,(H,10,11,12). The highest BCUT2D eigenvalue weighted by Crippen LogP contribution is 2.27. The topological polar surface area (TPSA) is 81.0 Å². The lowest BCUT2D eigenvalue weighted by molar-refractivity contribution is -0.384. The number of rotatable bonds is 5. The average Bonchev–Trinajstić information content (AvgIpc) is 2.17. The number of aromatic nitrogens is 2. The van der Waals surface area contributed by atoms with Crippen LogP contribution in [0.3, 0.4) is 0 Å². The molecule has 0 aromatic carbocycles. The Balaban J connectivity index is 2.90. The van der Waals surface area contributed by atoms with Gasteiger partial charge in [-0.25, -0.2) is 9.97 Å². The molecule has 0 spiro atoms. The van der Waals surface area contributed by atoms with Gasteiger partial charge in [-0.2, -0.15) is 0 Å². The van der Waals surface area contributed by atoms with Crippen LogP contribution in [0.2, 0.25) is 5.15 Å². The molecule has 7 heteroatoms. The zero-order chi connectivity index (χ0) is 11.3. The molecule has 1 aromatic rings. The summed E-state index contributed by atoms with van der Waals surface area (Å²) in [5.41, 5.74) is -0.303. The van der Waals surface area contributed by atoms with Crippen molar-refractivity contribution in [1.29, 1.82) is 0 Å². The second kappa shape index (κ2) is 5.26. The van der Waals surface area contributed by atoms with E-state index in [2.05, 4.69) is 21.9 Å². The van der Waals surface area contributed by atoms with Crippen molar-refractivity contribution in [3.8, 4) is 0 Å². The summed E-state index contributed by atoms with van der Waals surface area (Å²) in [6, 6.07) is 0. The highest BCUT2D eigenvalue weighted by molar-refractivity contribution is 6.31. The molecule has 15 heavy (non-hydrogen) atoms. The maximum Gasteiger partial charge on any atom is 0.348 e. The fraction of sp³-hybridized carbons (Fsp3) is 0.250. The van der Waals surface area contributed by atoms with Crippen molar-refractivity contribution in [1.82, 2.24) is 9.97 Å². The Labute approximate surface area is 91.1 Å². The van der Waals surface area contributed by atoms with Gasteiger partial charge in [0.1, 0.15) is 6.33 Å². The zero-order valence-electron chi connectivity index (χ0n) is 7.81. The Kier molecular flexibility index (Phi) is 3.99. The normalized spacial score (nSPS) is 9.67. The number of hydrogen-bond donors (Lipinski definition) is 1. The molecule has 1 heterocycles. The van der Waals surface area contributed by atoms with Gasteiger partial charge in [0.05, 0.1) is 4.92 Å². The van der Waals surface area contributed by atoms with Gasteiger partial charge in [-0.3, -0.25) is 10.1 Å². The minimum absolute atomic E-state index is 0.127. The molecule has 0 bridgehead atoms. The summed E-state index contributed by atoms with van der Waals surface area (Å²) in [5, 5.41) is 13.3. The van der Waals surface area contributed by atoms with Crippen molar-refractivity contribution in [2.45, 2.75) is 6.42 Å². The van der Waals surface area contributed by atoms with Gasteiger partial charge in [-0.05, 0) is 6.42 Å². The van der Waals surface area contributed by atoms with Crippen LogP contribution >= 0.6 is 11.6 Å². The summed E-state index contributed by atoms with van der Waals surface area (Å²) in [5.74, 6) is 0.127. The molecule has 0 aliphatic heterocycles. The molecule has 0 aliphatic carbocycles. The smallest absolute Gasteiger partial charge is 0.348 e. The van der Waals surface area contributed by atoms with Crippen molar-refractivity contribution < 1.29 is 4.92 Å². The average molecular weight is 229 g/mol. The van der Waals surface area contributed by atoms with Gasteiger partial charge in [0, 0.05) is 6.54 Å². The number of halogens is 1. The maximum atomic E-state index is 10.7. The van der Waals surface area contributed by atoms with Crippen molar-refractivity contribution in [3.05, 3.63) is 34.2 Å². The quantitative estimate of drug-likeness (QED) is 0.274. The maximum absolute atomic E-state index is 10.7. The minimum Gasteiger partial charge on any atom is -0.364 e. The summed E-state index contributed by atoms with van der Waals surface area (Å²) >= 11 is 5.58. The van der Waals surface area contributed by atoms with Gasteiger partial charge < -0.3 is 5.32 Å². The predicted molar refractivity (Wildman–Crippen MR) is 57.0 cm³/mol. The third-order valence-electron chi connectivity index (χ3n) is 1.60. The molecule has 0 fully saturated rings. The molecule has 80 valence electrons. The molecule has 1 rings (SSSR count). The summed E-state index contributed by atoms with van der Waals surface area (Å²) in [4.78, 5) is 17.3. The first kappa shape index (κ1) is 11.4. The SMILES string of the molecule is C=CCCNc1ncnc(Cl)c1[N+](=O)[O-]. The number of anilines is 1. The molecule has 1 N–H and O–H groups in total. The predicted octanol–water partition coefficient (Wildman–Crippen LogP) is 2.03. The van der Waals surface area contributed by atoms with Crippen LogP contribution in [0.15, 0.2) is 19.0 Å². The molecule has 0 amide bonds. The van der Waals surface area contributed by atoms with Crippen molar-refractivity contribution >= 4 is 23.1 Å². The van der Waals surface area contributed by atoms with E-state index in [0.29, 0.717) is 13.0 Å². The first-order chi connectivity index (χ1) is 7.16. The van der Waals surface area contributed by atoms with E-state index in [1.165, 1.54) is 6.33 Å². The van der Waals surface area contributed by atoms with Crippen LogP contribution in [-0.4, -0.2) is 21.4 Å². The summed E-state index contributed by atoms with van der Waals surface area (Å²) < 4.78 is 0. The Morgan fingerprint density at radius 3 is 3.00 bits per heavy atom. The van der Waals surface area contributed by atoms with Gasteiger partial charge in [0.2, 0.25) is 11.0 Å². The van der Waals surface area contributed by atoms with Crippen LogP contribution in [-0.2, 0) is 0 Å². The van der Waals surface area contributed by atoms with E-state index in [4.69, 9.17) is 11.6 Å². The first-order valence-corrected chi connectivity index (χ1v) is 4.54. The molecule has 0 aliphatic rings. The van der Waals surface area contributed by atoms with Crippen molar-refractivity contribution in [3.63, 3.8) is 0 Å². The van der Waals surface area contributed by atoms with Crippen molar-refractivity contribution in [2.24, 2.45) is 0 Å². The molecule has 0 saturated heterocycles. The second-order valence-electron chi connectivity index (χ2n) is 2.62. The van der Waals surface area contributed by atoms with Gasteiger partial charge >= 0.3 is 5.69 Å². The Morgan fingerprint density at radius 1 is 1.67 bits per heavy atom. The number of nitrogens with zero attached hydrogens (tertiary/aromatic N) is 3. The summed E-state index contributed by atoms with van der Waals surface area (Å²) in [7, 11) is 0. The van der Waals surface area contributed by atoms with Crippen LogP contribution in [0.4, 0.5) is 11.5 Å². The third-order valence-corrected chi connectivity index (χ3v) is 1.88. The van der Waals surface area contributed by atoms with E-state index < -0.39 is 4.92 Å². The fourth-order valence-corrected chi connectivity index (χ4v) is 1.14. The van der Waals surface area contributed by atoms with Crippen LogP contribution < -0.4 is 5.32 Å². The summed E-state index contributed by atoms with van der Waals surface area (Å²) in [6.07, 6.45) is 3.55. The van der Waals surface area contributed by atoms with Crippen LogP contribution in [0.5, 0.6) is 0 Å². The second-order valence-corrected chi connectivity index (χ2v) is 2.98. The van der Waals surface area contributed by atoms with Gasteiger partial charge in [0.15, 0.2) is 0 Å². The van der Waals surface area contributed by atoms with E-state index in [9.17, 15) is 10.1 Å². The highest BCUT2D eigenvalue weighted by Gasteiger charge is 2.20. The van der Waals surface area contributed by atoms with Gasteiger partial charge in [0.25, 0.3) is 0 Å². The summed E-state index contributed by atoms with van der Waals surface area (Å²) in [6.45, 7) is 4.05. The fourth-order valence-electron chi connectivity index (χ4n) is 0.941. The molecular formula is C8H9ClN4O2. The van der Waals surface area contributed by atoms with Crippen LogP contribution in [0.1, 0.15) is 6.42 Å². The number of nitrogens with one attached hydrogen (secondary N) is 1. The van der Waals surface area contributed by atoms with E-state index in [-0.39, 0.29) is 16.7 Å². The monoisotopic (exact) mass is 228 g/mol. The van der Waals surface area contributed by atoms with E-state index >= 15 is 0 Å². The zero-order valence-corrected chi connectivity index (χ0v) is 8.57. The highest BCUT2D eigenvalue weighted by atomic mass is 35.5. The first-order valence-electron chi connectivity index (χ1n) is 4.16. The Morgan fingerprint density at radius 2 is 2.40 bits per heavy atom. The lowest BCUT2D eigenvalue weighted by Gasteiger charge is -2.04. The molecular weight excluding hydrogens is 220 g/mol. The Hall–Kier alpha value is -1.69. The molecule has 0 atom stereocenters. The van der Waals surface area contributed by atoms with Gasteiger partial charge in [-0.15, -0.1) is 6.58 Å². The van der Waals surface area contributed by atoms with Crippen molar-refractivity contribution in [2.75, 3.05) is 11.9 Å². The minimum atomic E-state index is -0.613. The number of nitro groups is 1. The van der Waals surface area contributed by atoms with E-state index in [1.54, 1.807) is 6.08 Å². The molecule has 1 aromatic heterocycles. The lowest BCUT2D eigenvalue weighted by atomic mass is 10.4.